The number of fused-ring (bicyclic) bond motifs is 1. The van der Waals surface area contributed by atoms with Gasteiger partial charge in [-0.25, -0.2) is 4.79 Å². The topological polar surface area (TPSA) is 167 Å². The maximum absolute atomic E-state index is 12.8. The molecule has 2 fully saturated rings. The van der Waals surface area contributed by atoms with Gasteiger partial charge in [0, 0.05) is 55.3 Å². The Hall–Kier alpha value is -5.69. The van der Waals surface area contributed by atoms with Crippen LogP contribution in [0.3, 0.4) is 0 Å². The number of pyridine rings is 1. The second-order valence-corrected chi connectivity index (χ2v) is 15.6. The summed E-state index contributed by atoms with van der Waals surface area (Å²) in [5, 5.41) is 38.3. The van der Waals surface area contributed by atoms with E-state index in [-0.39, 0.29) is 42.5 Å². The summed E-state index contributed by atoms with van der Waals surface area (Å²) in [6.45, 7) is 3.38. The SMILES string of the molecule is O=C(COc1cccc(CNC[C@H](O)c2ccc(O)c3[nH]c(=O)ccc23)c1)NC1CCC(CCN2CCC(N(C(=O)O)c3ccccc3-c3ccccc3)CC2)CC1. The predicted molar refractivity (Wildman–Crippen MR) is 225 cm³/mol. The lowest BCUT2D eigenvalue weighted by molar-refractivity contribution is -0.124. The third-order valence-corrected chi connectivity index (χ3v) is 11.6. The van der Waals surface area contributed by atoms with E-state index in [1.165, 1.54) is 12.1 Å². The summed E-state index contributed by atoms with van der Waals surface area (Å²) in [4.78, 5) is 43.8. The minimum Gasteiger partial charge on any atom is -0.506 e. The number of H-pyrrole nitrogens is 1. The number of phenolic OH excluding ortho intramolecular Hbond substituents is 1. The third kappa shape index (κ3) is 10.2. The number of aromatic nitrogens is 1. The number of para-hydroxylation sites is 1. The summed E-state index contributed by atoms with van der Waals surface area (Å²) in [6.07, 6.45) is 4.94. The van der Waals surface area contributed by atoms with Crippen LogP contribution in [0.25, 0.3) is 22.0 Å². The highest BCUT2D eigenvalue weighted by Gasteiger charge is 2.31. The number of aliphatic hydroxyl groups excluding tert-OH is 1. The summed E-state index contributed by atoms with van der Waals surface area (Å²) >= 11 is 0. The fraction of sp³-hybridized carbons (Fsp3) is 0.370. The number of nitrogens with zero attached hydrogens (tertiary/aromatic N) is 2. The number of amides is 2. The number of aromatic hydroxyl groups is 1. The Bertz CT molecular complexity index is 2210. The molecule has 58 heavy (non-hydrogen) atoms. The van der Waals surface area contributed by atoms with Gasteiger partial charge in [0.25, 0.3) is 5.91 Å². The van der Waals surface area contributed by atoms with E-state index in [0.717, 1.165) is 87.0 Å². The average molecular weight is 788 g/mol. The van der Waals surface area contributed by atoms with Gasteiger partial charge in [-0.15, -0.1) is 0 Å². The number of aromatic amines is 1. The van der Waals surface area contributed by atoms with Crippen LogP contribution in [-0.4, -0.2) is 82.1 Å². The number of likely N-dealkylation sites (tertiary alicyclic amines) is 1. The summed E-state index contributed by atoms with van der Waals surface area (Å²) in [6, 6.07) is 31.4. The van der Waals surface area contributed by atoms with E-state index in [2.05, 4.69) is 20.5 Å². The Morgan fingerprint density at radius 3 is 2.41 bits per heavy atom. The Balaban J connectivity index is 0.795. The number of carbonyl (C=O) groups excluding carboxylic acids is 1. The van der Waals surface area contributed by atoms with Crippen LogP contribution in [-0.2, 0) is 11.3 Å². The highest BCUT2D eigenvalue weighted by atomic mass is 16.5. The first kappa shape index (κ1) is 40.5. The standard InChI is InChI=1S/C46H53N5O7/c52-41-19-17-38(39-18-20-43(54)49-45(39)41)42(53)29-47-28-32-7-6-10-36(27-32)58-30-44(55)48-34-15-13-31(14-16-34)21-24-50-25-22-35(23-26-50)51(46(56)57)40-12-5-4-11-37(40)33-8-2-1-3-9-33/h1-12,17-20,27,31,34-35,42,47,52-53H,13-16,21-26,28-30H2,(H,48,55)(H,49,54)(H,56,57)/t31?,34?,42-/m0/s1. The quantitative estimate of drug-likeness (QED) is 0.0668. The van der Waals surface area contributed by atoms with E-state index >= 15 is 0 Å². The van der Waals surface area contributed by atoms with Crippen LogP contribution < -0.4 is 25.8 Å². The molecule has 0 radical (unpaired) electrons. The van der Waals surface area contributed by atoms with E-state index in [1.807, 2.05) is 78.9 Å². The van der Waals surface area contributed by atoms with E-state index in [1.54, 1.807) is 17.0 Å². The molecule has 4 aromatic carbocycles. The Kier molecular flexibility index (Phi) is 13.4. The van der Waals surface area contributed by atoms with E-state index in [9.17, 15) is 29.7 Å². The van der Waals surface area contributed by atoms with Gasteiger partial charge in [0.2, 0.25) is 5.56 Å². The normalized spacial score (nSPS) is 18.1. The van der Waals surface area contributed by atoms with Crippen LogP contribution in [0.1, 0.15) is 62.2 Å². The van der Waals surface area contributed by atoms with E-state index in [4.69, 9.17) is 4.74 Å². The minimum absolute atomic E-state index is 0.0547. The first-order valence-corrected chi connectivity index (χ1v) is 20.4. The summed E-state index contributed by atoms with van der Waals surface area (Å²) in [5.74, 6) is 1.01. The number of benzene rings is 4. The smallest absolute Gasteiger partial charge is 0.412 e. The van der Waals surface area contributed by atoms with Crippen molar-refractivity contribution in [2.45, 2.75) is 69.7 Å². The Labute approximate surface area is 338 Å². The predicted octanol–water partition coefficient (Wildman–Crippen LogP) is 6.82. The number of phenols is 1. The van der Waals surface area contributed by atoms with Crippen LogP contribution in [0.5, 0.6) is 11.5 Å². The fourth-order valence-electron chi connectivity index (χ4n) is 8.54. The summed E-state index contributed by atoms with van der Waals surface area (Å²) in [7, 11) is 0. The van der Waals surface area contributed by atoms with E-state index < -0.39 is 12.2 Å². The number of ether oxygens (including phenoxy) is 1. The molecule has 5 aromatic rings. The first-order valence-electron chi connectivity index (χ1n) is 20.4. The molecule has 0 spiro atoms. The highest BCUT2D eigenvalue weighted by Crippen LogP contribution is 2.35. The van der Waals surface area contributed by atoms with Crippen molar-refractivity contribution in [2.24, 2.45) is 5.92 Å². The number of piperidine rings is 1. The molecule has 1 aliphatic carbocycles. The van der Waals surface area contributed by atoms with Crippen LogP contribution >= 0.6 is 0 Å². The lowest BCUT2D eigenvalue weighted by Gasteiger charge is -2.38. The van der Waals surface area contributed by atoms with Gasteiger partial charge in [-0.2, -0.15) is 0 Å². The average Bonchev–Trinajstić information content (AvgIpc) is 3.24. The molecule has 304 valence electrons. The highest BCUT2D eigenvalue weighted by molar-refractivity contribution is 5.93. The van der Waals surface area contributed by atoms with Crippen molar-refractivity contribution in [3.8, 4) is 22.6 Å². The maximum atomic E-state index is 12.8. The number of hydrogen-bond acceptors (Lipinski definition) is 8. The van der Waals surface area contributed by atoms with Crippen LogP contribution in [0, 0.1) is 5.92 Å². The maximum Gasteiger partial charge on any atom is 0.412 e. The van der Waals surface area contributed by atoms with Gasteiger partial charge in [-0.1, -0.05) is 66.7 Å². The molecule has 0 unspecified atom stereocenters. The van der Waals surface area contributed by atoms with Crippen LogP contribution in [0.15, 0.2) is 108 Å². The summed E-state index contributed by atoms with van der Waals surface area (Å²) in [5.41, 5.74) is 4.17. The molecule has 2 amide bonds. The number of carboxylic acid groups (broad SMARTS) is 1. The molecule has 1 atom stereocenters. The van der Waals surface area contributed by atoms with Crippen molar-refractivity contribution in [1.29, 1.82) is 0 Å². The number of aliphatic hydroxyl groups is 1. The lowest BCUT2D eigenvalue weighted by Crippen LogP contribution is -2.47. The van der Waals surface area contributed by atoms with Gasteiger partial charge in [-0.3, -0.25) is 14.5 Å². The van der Waals surface area contributed by atoms with Crippen molar-refractivity contribution >= 4 is 28.6 Å². The van der Waals surface area contributed by atoms with E-state index in [0.29, 0.717) is 34.7 Å². The molecule has 2 aliphatic rings. The van der Waals surface area contributed by atoms with Crippen molar-refractivity contribution in [1.82, 2.24) is 20.5 Å². The van der Waals surface area contributed by atoms with Gasteiger partial charge in [-0.05, 0) is 104 Å². The van der Waals surface area contributed by atoms with Gasteiger partial charge < -0.3 is 40.6 Å². The first-order chi connectivity index (χ1) is 28.2. The molecular formula is C46H53N5O7. The molecule has 6 N–H and O–H groups in total. The molecule has 1 aliphatic heterocycles. The molecule has 12 nitrogen and oxygen atoms in total. The number of anilines is 1. The van der Waals surface area contributed by atoms with Crippen molar-refractivity contribution in [3.63, 3.8) is 0 Å². The zero-order valence-electron chi connectivity index (χ0n) is 32.7. The molecular weight excluding hydrogens is 735 g/mol. The molecule has 12 heteroatoms. The van der Waals surface area contributed by atoms with Crippen LogP contribution in [0.2, 0.25) is 0 Å². The fourth-order valence-corrected chi connectivity index (χ4v) is 8.54. The number of nitrogens with one attached hydrogen (secondary N) is 3. The largest absolute Gasteiger partial charge is 0.506 e. The zero-order chi connectivity index (χ0) is 40.4. The zero-order valence-corrected chi connectivity index (χ0v) is 32.7. The Morgan fingerprint density at radius 1 is 0.879 bits per heavy atom. The van der Waals surface area contributed by atoms with Crippen molar-refractivity contribution < 1.29 is 29.6 Å². The van der Waals surface area contributed by atoms with Crippen molar-refractivity contribution in [3.05, 3.63) is 125 Å². The molecule has 1 saturated carbocycles. The number of rotatable bonds is 15. The van der Waals surface area contributed by atoms with Gasteiger partial charge in [0.05, 0.1) is 17.3 Å². The monoisotopic (exact) mass is 787 g/mol. The van der Waals surface area contributed by atoms with Crippen molar-refractivity contribution in [2.75, 3.05) is 37.7 Å². The summed E-state index contributed by atoms with van der Waals surface area (Å²) < 4.78 is 5.85. The minimum atomic E-state index is -0.909. The molecule has 1 aromatic heterocycles. The third-order valence-electron chi connectivity index (χ3n) is 11.6. The number of hydrogen-bond donors (Lipinski definition) is 6. The second kappa shape index (κ2) is 19.2. The van der Waals surface area contributed by atoms with Gasteiger partial charge in [0.1, 0.15) is 11.5 Å². The van der Waals surface area contributed by atoms with Gasteiger partial charge in [0.15, 0.2) is 6.61 Å². The molecule has 7 rings (SSSR count). The molecule has 0 bridgehead atoms. The molecule has 1 saturated heterocycles. The number of carbonyl (C=O) groups is 2. The second-order valence-electron chi connectivity index (χ2n) is 15.6. The Morgan fingerprint density at radius 2 is 1.64 bits per heavy atom. The van der Waals surface area contributed by atoms with Gasteiger partial charge >= 0.3 is 6.09 Å². The molecule has 2 heterocycles. The van der Waals surface area contributed by atoms with Crippen LogP contribution in [0.4, 0.5) is 10.5 Å². The lowest BCUT2D eigenvalue weighted by atomic mass is 9.84.